The van der Waals surface area contributed by atoms with Crippen LogP contribution in [0, 0.1) is 0 Å². The van der Waals surface area contributed by atoms with Gasteiger partial charge in [-0.3, -0.25) is 14.5 Å². The summed E-state index contributed by atoms with van der Waals surface area (Å²) in [6, 6.07) is 12.3. The summed E-state index contributed by atoms with van der Waals surface area (Å²) in [6.07, 6.45) is 0. The maximum Gasteiger partial charge on any atom is 0.253 e. The molecule has 0 spiro atoms. The van der Waals surface area contributed by atoms with E-state index in [1.807, 2.05) is 38.8 Å². The molecule has 1 N–H and O–H groups in total. The third-order valence-corrected chi connectivity index (χ3v) is 5.47. The molecule has 0 fully saturated rings. The Kier molecular flexibility index (Phi) is 8.50. The van der Waals surface area contributed by atoms with Crippen LogP contribution in [0.15, 0.2) is 42.5 Å². The lowest BCUT2D eigenvalue weighted by Crippen LogP contribution is -2.32. The molecule has 0 bridgehead atoms. The van der Waals surface area contributed by atoms with Crippen LogP contribution >= 0.6 is 23.2 Å². The molecule has 0 aliphatic rings. The molecule has 2 aromatic carbocycles. The molecule has 0 heterocycles. The molecule has 1 atom stereocenters. The molecule has 1 unspecified atom stereocenters. The van der Waals surface area contributed by atoms with Gasteiger partial charge in [-0.2, -0.15) is 0 Å². The first-order chi connectivity index (χ1) is 13.8. The topological polar surface area (TPSA) is 52.7 Å². The largest absolute Gasteiger partial charge is 0.339 e. The van der Waals surface area contributed by atoms with Crippen molar-refractivity contribution in [3.8, 4) is 0 Å². The summed E-state index contributed by atoms with van der Waals surface area (Å²) in [7, 11) is 1.86. The SMILES string of the molecule is CCN(CC)C(=O)c1cccc(NC(=O)CN(C)C(C)c2ccc(Cl)cc2Cl)c1. The molecule has 7 heteroatoms. The minimum absolute atomic E-state index is 0.0470. The molecule has 156 valence electrons. The number of nitrogens with zero attached hydrogens (tertiary/aromatic N) is 2. The van der Waals surface area contributed by atoms with Crippen LogP contribution in [0.1, 0.15) is 42.7 Å². The lowest BCUT2D eigenvalue weighted by Gasteiger charge is -2.25. The molecular weight excluding hydrogens is 409 g/mol. The van der Waals surface area contributed by atoms with Gasteiger partial charge < -0.3 is 10.2 Å². The van der Waals surface area contributed by atoms with E-state index >= 15 is 0 Å². The highest BCUT2D eigenvalue weighted by atomic mass is 35.5. The predicted octanol–water partition coefficient (Wildman–Crippen LogP) is 5.11. The maximum atomic E-state index is 12.5. The van der Waals surface area contributed by atoms with Gasteiger partial charge in [0.2, 0.25) is 5.91 Å². The van der Waals surface area contributed by atoms with Gasteiger partial charge in [0, 0.05) is 40.4 Å². The fourth-order valence-corrected chi connectivity index (χ4v) is 3.63. The first-order valence-electron chi connectivity index (χ1n) is 9.61. The summed E-state index contributed by atoms with van der Waals surface area (Å²) >= 11 is 12.2. The fourth-order valence-electron chi connectivity index (χ4n) is 3.07. The molecule has 0 saturated heterocycles. The Labute approximate surface area is 182 Å². The summed E-state index contributed by atoms with van der Waals surface area (Å²) < 4.78 is 0. The number of hydrogen-bond donors (Lipinski definition) is 1. The molecule has 0 aliphatic carbocycles. The van der Waals surface area contributed by atoms with E-state index < -0.39 is 0 Å². The number of carbonyl (C=O) groups is 2. The van der Waals surface area contributed by atoms with Crippen LogP contribution in [0.25, 0.3) is 0 Å². The maximum absolute atomic E-state index is 12.5. The third-order valence-electron chi connectivity index (χ3n) is 4.91. The zero-order valence-corrected chi connectivity index (χ0v) is 18.7. The standard InChI is InChI=1S/C22H27Cl2N3O2/c1-5-27(6-2)22(29)16-8-7-9-18(12-16)25-21(28)14-26(4)15(3)19-11-10-17(23)13-20(19)24/h7-13,15H,5-6,14H2,1-4H3,(H,25,28). The van der Waals surface area contributed by atoms with E-state index in [0.717, 1.165) is 5.56 Å². The van der Waals surface area contributed by atoms with Crippen molar-refractivity contribution in [3.63, 3.8) is 0 Å². The van der Waals surface area contributed by atoms with E-state index in [-0.39, 0.29) is 24.4 Å². The minimum atomic E-state index is -0.170. The lowest BCUT2D eigenvalue weighted by molar-refractivity contribution is -0.117. The van der Waals surface area contributed by atoms with Gasteiger partial charge in [0.1, 0.15) is 0 Å². The van der Waals surface area contributed by atoms with Crippen LogP contribution in [0.5, 0.6) is 0 Å². The van der Waals surface area contributed by atoms with E-state index in [0.29, 0.717) is 34.4 Å². The molecule has 0 radical (unpaired) electrons. The molecule has 29 heavy (non-hydrogen) atoms. The highest BCUT2D eigenvalue weighted by molar-refractivity contribution is 6.35. The Morgan fingerprint density at radius 3 is 2.38 bits per heavy atom. The second-order valence-electron chi connectivity index (χ2n) is 6.86. The zero-order valence-electron chi connectivity index (χ0n) is 17.2. The normalized spacial score (nSPS) is 12.0. The Bertz CT molecular complexity index is 869. The molecule has 5 nitrogen and oxygen atoms in total. The number of carbonyl (C=O) groups excluding carboxylic acids is 2. The Balaban J connectivity index is 2.03. The lowest BCUT2D eigenvalue weighted by atomic mass is 10.1. The van der Waals surface area contributed by atoms with Crippen LogP contribution in [0.4, 0.5) is 5.69 Å². The Hall–Kier alpha value is -2.08. The average molecular weight is 436 g/mol. The summed E-state index contributed by atoms with van der Waals surface area (Å²) in [5.74, 6) is -0.217. The van der Waals surface area contributed by atoms with Crippen molar-refractivity contribution < 1.29 is 9.59 Å². The molecule has 2 rings (SSSR count). The minimum Gasteiger partial charge on any atom is -0.339 e. The van der Waals surface area contributed by atoms with Crippen molar-refractivity contribution in [1.29, 1.82) is 0 Å². The quantitative estimate of drug-likeness (QED) is 0.626. The second kappa shape index (κ2) is 10.6. The van der Waals surface area contributed by atoms with Gasteiger partial charge in [0.05, 0.1) is 6.54 Å². The van der Waals surface area contributed by atoms with E-state index in [4.69, 9.17) is 23.2 Å². The van der Waals surface area contributed by atoms with Crippen molar-refractivity contribution in [3.05, 3.63) is 63.6 Å². The molecule has 2 amide bonds. The van der Waals surface area contributed by atoms with Crippen molar-refractivity contribution in [2.24, 2.45) is 0 Å². The highest BCUT2D eigenvalue weighted by Gasteiger charge is 2.18. The average Bonchev–Trinajstić information content (AvgIpc) is 2.68. The first kappa shape index (κ1) is 23.2. The smallest absolute Gasteiger partial charge is 0.253 e. The number of nitrogens with one attached hydrogen (secondary N) is 1. The Morgan fingerprint density at radius 1 is 1.07 bits per heavy atom. The summed E-state index contributed by atoms with van der Waals surface area (Å²) in [6.45, 7) is 7.32. The van der Waals surface area contributed by atoms with E-state index in [1.165, 1.54) is 0 Å². The van der Waals surface area contributed by atoms with E-state index in [2.05, 4.69) is 5.32 Å². The number of rotatable bonds is 8. The third kappa shape index (κ3) is 6.20. The number of likely N-dealkylation sites (N-methyl/N-ethyl adjacent to an activating group) is 1. The molecule has 2 aromatic rings. The molecular formula is C22H27Cl2N3O2. The monoisotopic (exact) mass is 435 g/mol. The van der Waals surface area contributed by atoms with Crippen LogP contribution in [-0.2, 0) is 4.79 Å². The number of anilines is 1. The number of hydrogen-bond acceptors (Lipinski definition) is 3. The predicted molar refractivity (Wildman–Crippen MR) is 120 cm³/mol. The van der Waals surface area contributed by atoms with E-state index in [9.17, 15) is 9.59 Å². The van der Waals surface area contributed by atoms with Crippen molar-refractivity contribution in [2.45, 2.75) is 26.8 Å². The second-order valence-corrected chi connectivity index (χ2v) is 7.71. The summed E-state index contributed by atoms with van der Waals surface area (Å²) in [4.78, 5) is 28.7. The number of halogens is 2. The van der Waals surface area contributed by atoms with Crippen molar-refractivity contribution in [1.82, 2.24) is 9.80 Å². The van der Waals surface area contributed by atoms with Gasteiger partial charge in [-0.1, -0.05) is 35.3 Å². The number of benzene rings is 2. The van der Waals surface area contributed by atoms with Crippen LogP contribution < -0.4 is 5.32 Å². The van der Waals surface area contributed by atoms with Gasteiger partial charge in [-0.15, -0.1) is 0 Å². The van der Waals surface area contributed by atoms with Gasteiger partial charge in [0.25, 0.3) is 5.91 Å². The number of amides is 2. The summed E-state index contributed by atoms with van der Waals surface area (Å²) in [5.41, 5.74) is 2.05. The highest BCUT2D eigenvalue weighted by Crippen LogP contribution is 2.29. The van der Waals surface area contributed by atoms with Crippen LogP contribution in [0.2, 0.25) is 10.0 Å². The zero-order chi connectivity index (χ0) is 21.6. The molecule has 0 aromatic heterocycles. The summed E-state index contributed by atoms with van der Waals surface area (Å²) in [5, 5.41) is 4.01. The first-order valence-corrected chi connectivity index (χ1v) is 10.4. The van der Waals surface area contributed by atoms with Crippen molar-refractivity contribution in [2.75, 3.05) is 32.0 Å². The van der Waals surface area contributed by atoms with Gasteiger partial charge in [-0.05, 0) is 63.7 Å². The fraction of sp³-hybridized carbons (Fsp3) is 0.364. The van der Waals surface area contributed by atoms with Crippen molar-refractivity contribution >= 4 is 40.7 Å². The van der Waals surface area contributed by atoms with Crippen LogP contribution in [0.3, 0.4) is 0 Å². The van der Waals surface area contributed by atoms with Gasteiger partial charge >= 0.3 is 0 Å². The van der Waals surface area contributed by atoms with Gasteiger partial charge in [-0.25, -0.2) is 0 Å². The van der Waals surface area contributed by atoms with E-state index in [1.54, 1.807) is 41.3 Å². The Morgan fingerprint density at radius 2 is 1.76 bits per heavy atom. The molecule has 0 aliphatic heterocycles. The van der Waals surface area contributed by atoms with Crippen LogP contribution in [-0.4, -0.2) is 48.3 Å². The molecule has 0 saturated carbocycles. The van der Waals surface area contributed by atoms with Gasteiger partial charge in [0.15, 0.2) is 0 Å².